The molecule has 0 saturated heterocycles. The van der Waals surface area contributed by atoms with Gasteiger partial charge in [-0.05, 0) is 24.0 Å². The van der Waals surface area contributed by atoms with Gasteiger partial charge in [-0.1, -0.05) is 69.6 Å². The minimum atomic E-state index is -1.92. The van der Waals surface area contributed by atoms with Crippen molar-refractivity contribution in [3.8, 4) is 0 Å². The van der Waals surface area contributed by atoms with Crippen LogP contribution in [0.25, 0.3) is 5.32 Å². The van der Waals surface area contributed by atoms with E-state index in [4.69, 9.17) is 33.2 Å². The van der Waals surface area contributed by atoms with Gasteiger partial charge < -0.3 is 5.32 Å². The number of rotatable bonds is 5. The number of hydrogen-bond donors (Lipinski definition) is 0. The molecule has 0 aliphatic heterocycles. The molecule has 24 heavy (non-hydrogen) atoms. The number of pyridine rings is 1. The van der Waals surface area contributed by atoms with Crippen molar-refractivity contribution in [2.75, 3.05) is 0 Å². The SMILES string of the molecule is CC(C)c1cccc(C(C)C)c1[N-]Cc1ccccn1.[Cl][Ti+]([Cl])[Cl]. The van der Waals surface area contributed by atoms with E-state index in [0.29, 0.717) is 18.4 Å². The molecular weight excluding hydrogens is 398 g/mol. The number of halogens is 3. The first-order valence-electron chi connectivity index (χ1n) is 7.86. The third-order valence-electron chi connectivity index (χ3n) is 3.47. The van der Waals surface area contributed by atoms with Crippen LogP contribution >= 0.6 is 27.9 Å². The van der Waals surface area contributed by atoms with Crippen LogP contribution in [0.2, 0.25) is 0 Å². The average molecular weight is 422 g/mol. The molecule has 0 fully saturated rings. The van der Waals surface area contributed by atoms with Crippen LogP contribution in [-0.2, 0) is 21.2 Å². The molecule has 2 aromatic rings. The van der Waals surface area contributed by atoms with Crippen LogP contribution in [0.4, 0.5) is 5.69 Å². The average Bonchev–Trinajstić information content (AvgIpc) is 2.52. The van der Waals surface area contributed by atoms with E-state index in [0.717, 1.165) is 11.4 Å². The zero-order valence-electron chi connectivity index (χ0n) is 14.4. The molecule has 1 aromatic carbocycles. The molecular formula is C18H23Cl3N2Ti. The molecule has 0 radical (unpaired) electrons. The first-order chi connectivity index (χ1) is 11.3. The predicted octanol–water partition coefficient (Wildman–Crippen LogP) is 7.60. The summed E-state index contributed by atoms with van der Waals surface area (Å²) in [4.78, 5) is 4.35. The Morgan fingerprint density at radius 3 is 1.88 bits per heavy atom. The van der Waals surface area contributed by atoms with E-state index in [1.165, 1.54) is 11.1 Å². The van der Waals surface area contributed by atoms with Gasteiger partial charge in [-0.3, -0.25) is 4.98 Å². The Morgan fingerprint density at radius 1 is 0.917 bits per heavy atom. The summed E-state index contributed by atoms with van der Waals surface area (Å²) in [5.74, 6) is 0.965. The number of hydrogen-bond acceptors (Lipinski definition) is 1. The Labute approximate surface area is 163 Å². The summed E-state index contributed by atoms with van der Waals surface area (Å²) in [6.07, 6.45) is 1.82. The Kier molecular flexibility index (Phi) is 10.3. The maximum absolute atomic E-state index is 4.97. The fourth-order valence-electron chi connectivity index (χ4n) is 2.35. The number of nitrogens with zero attached hydrogens (tertiary/aromatic N) is 2. The summed E-state index contributed by atoms with van der Waals surface area (Å²) in [7, 11) is 14.9. The van der Waals surface area contributed by atoms with Crippen LogP contribution in [0.1, 0.15) is 56.4 Å². The van der Waals surface area contributed by atoms with E-state index in [2.05, 4.69) is 50.9 Å². The molecule has 0 unspecified atom stereocenters. The maximum atomic E-state index is 4.97. The zero-order chi connectivity index (χ0) is 18.1. The third kappa shape index (κ3) is 7.76. The Balaban J connectivity index is 0.000000648. The van der Waals surface area contributed by atoms with Gasteiger partial charge in [0.15, 0.2) is 0 Å². The molecule has 0 N–H and O–H groups in total. The zero-order valence-corrected chi connectivity index (χ0v) is 18.3. The molecule has 1 heterocycles. The van der Waals surface area contributed by atoms with Crippen LogP contribution in [-0.4, -0.2) is 4.98 Å². The van der Waals surface area contributed by atoms with Crippen LogP contribution in [0.15, 0.2) is 42.6 Å². The topological polar surface area (TPSA) is 27.0 Å². The second-order valence-electron chi connectivity index (χ2n) is 5.95. The third-order valence-corrected chi connectivity index (χ3v) is 3.47. The number of aromatic nitrogens is 1. The first kappa shape index (κ1) is 21.8. The van der Waals surface area contributed by atoms with Crippen molar-refractivity contribution >= 4 is 33.6 Å². The Hall–Kier alpha value is -0.246. The van der Waals surface area contributed by atoms with Crippen LogP contribution in [0.5, 0.6) is 0 Å². The van der Waals surface area contributed by atoms with E-state index in [9.17, 15) is 0 Å². The van der Waals surface area contributed by atoms with Gasteiger partial charge in [0.25, 0.3) is 0 Å². The molecule has 0 saturated carbocycles. The van der Waals surface area contributed by atoms with Crippen LogP contribution in [0.3, 0.4) is 0 Å². The fraction of sp³-hybridized carbons (Fsp3) is 0.389. The van der Waals surface area contributed by atoms with E-state index in [1.807, 2.05) is 24.4 Å². The molecule has 2 nitrogen and oxygen atoms in total. The quantitative estimate of drug-likeness (QED) is 0.457. The molecule has 0 spiro atoms. The normalized spacial score (nSPS) is 10.4. The molecule has 0 bridgehead atoms. The van der Waals surface area contributed by atoms with Crippen molar-refractivity contribution in [2.45, 2.75) is 46.1 Å². The van der Waals surface area contributed by atoms with E-state index < -0.39 is 14.7 Å². The fourth-order valence-corrected chi connectivity index (χ4v) is 2.35. The molecule has 1 aromatic heterocycles. The Bertz CT molecular complexity index is 575. The molecule has 130 valence electrons. The van der Waals surface area contributed by atoms with Crippen molar-refractivity contribution in [1.82, 2.24) is 4.98 Å². The van der Waals surface area contributed by atoms with Crippen molar-refractivity contribution in [1.29, 1.82) is 0 Å². The van der Waals surface area contributed by atoms with Crippen LogP contribution < -0.4 is 0 Å². The Morgan fingerprint density at radius 2 is 1.46 bits per heavy atom. The predicted molar refractivity (Wildman–Crippen MR) is 103 cm³/mol. The summed E-state index contributed by atoms with van der Waals surface area (Å²) in [5, 5.41) is 4.86. The van der Waals surface area contributed by atoms with Gasteiger partial charge in [0.1, 0.15) is 0 Å². The van der Waals surface area contributed by atoms with Crippen molar-refractivity contribution in [2.24, 2.45) is 0 Å². The summed E-state index contributed by atoms with van der Waals surface area (Å²) >= 11 is -1.92. The summed E-state index contributed by atoms with van der Waals surface area (Å²) < 4.78 is 0. The van der Waals surface area contributed by atoms with Crippen molar-refractivity contribution in [3.05, 3.63) is 64.7 Å². The summed E-state index contributed by atoms with van der Waals surface area (Å²) in [5.41, 5.74) is 4.82. The molecule has 2 rings (SSSR count). The van der Waals surface area contributed by atoms with E-state index >= 15 is 0 Å². The monoisotopic (exact) mass is 420 g/mol. The second-order valence-corrected chi connectivity index (χ2v) is 13.7. The minimum absolute atomic E-state index is 0.483. The number of benzene rings is 1. The van der Waals surface area contributed by atoms with E-state index in [-0.39, 0.29) is 0 Å². The van der Waals surface area contributed by atoms with Gasteiger partial charge in [-0.2, -0.15) is 0 Å². The van der Waals surface area contributed by atoms with Gasteiger partial charge in [-0.25, -0.2) is 0 Å². The molecule has 0 aliphatic rings. The summed E-state index contributed by atoms with van der Waals surface area (Å²) in [6.45, 7) is 9.53. The molecule has 0 atom stereocenters. The summed E-state index contributed by atoms with van der Waals surface area (Å²) in [6, 6.07) is 12.5. The van der Waals surface area contributed by atoms with E-state index in [1.54, 1.807) is 0 Å². The molecule has 6 heteroatoms. The van der Waals surface area contributed by atoms with Gasteiger partial charge in [-0.15, -0.1) is 5.69 Å². The van der Waals surface area contributed by atoms with Crippen molar-refractivity contribution < 1.29 is 14.7 Å². The number of para-hydroxylation sites is 1. The molecule has 0 amide bonds. The second kappa shape index (κ2) is 11.4. The standard InChI is InChI=1S/C18H23N2.3ClH.Ti/c1-13(2)16-9-7-10-17(14(3)4)18(16)20-12-15-8-5-6-11-19-15;;;;/h5-11,13-14H,12H2,1-4H3;3*1H;/q-1;;;;+4/p-3. The van der Waals surface area contributed by atoms with Crippen molar-refractivity contribution in [3.63, 3.8) is 0 Å². The van der Waals surface area contributed by atoms with Gasteiger partial charge >= 0.3 is 42.6 Å². The first-order valence-corrected chi connectivity index (χ1v) is 14.3. The van der Waals surface area contributed by atoms with Gasteiger partial charge in [0.05, 0.1) is 0 Å². The van der Waals surface area contributed by atoms with Gasteiger partial charge in [0, 0.05) is 11.9 Å². The molecule has 0 aliphatic carbocycles. The van der Waals surface area contributed by atoms with Crippen LogP contribution in [0, 0.1) is 0 Å². The van der Waals surface area contributed by atoms with Gasteiger partial charge in [0.2, 0.25) is 0 Å².